The fourth-order valence-electron chi connectivity index (χ4n) is 1.26. The van der Waals surface area contributed by atoms with E-state index in [4.69, 9.17) is 4.74 Å². The van der Waals surface area contributed by atoms with Crippen LogP contribution in [0.5, 0.6) is 5.88 Å². The van der Waals surface area contributed by atoms with Crippen molar-refractivity contribution in [3.05, 3.63) is 39.7 Å². The highest BCUT2D eigenvalue weighted by molar-refractivity contribution is 7.10. The van der Waals surface area contributed by atoms with Gasteiger partial charge in [0.15, 0.2) is 0 Å². The first-order valence-corrected chi connectivity index (χ1v) is 5.56. The van der Waals surface area contributed by atoms with Gasteiger partial charge in [-0.1, -0.05) is 0 Å². The molecule has 4 nitrogen and oxygen atoms in total. The summed E-state index contributed by atoms with van der Waals surface area (Å²) >= 11 is 1.54. The van der Waals surface area contributed by atoms with Gasteiger partial charge in [0.2, 0.25) is 11.7 Å². The van der Waals surface area contributed by atoms with Crippen molar-refractivity contribution in [3.8, 4) is 5.88 Å². The first-order chi connectivity index (χ1) is 7.70. The van der Waals surface area contributed by atoms with Crippen molar-refractivity contribution in [3.63, 3.8) is 0 Å². The van der Waals surface area contributed by atoms with E-state index >= 15 is 0 Å². The average Bonchev–Trinajstić information content (AvgIpc) is 2.75. The van der Waals surface area contributed by atoms with Crippen molar-refractivity contribution in [1.82, 2.24) is 10.2 Å². The third-order valence-corrected chi connectivity index (χ3v) is 2.94. The van der Waals surface area contributed by atoms with Crippen molar-refractivity contribution in [2.75, 3.05) is 7.11 Å². The normalized spacial score (nSPS) is 10.1. The van der Waals surface area contributed by atoms with Crippen LogP contribution in [-0.2, 0) is 0 Å². The number of aromatic nitrogens is 2. The number of ether oxygens (including phenoxy) is 1. The Kier molecular flexibility index (Phi) is 2.96. The van der Waals surface area contributed by atoms with Crippen LogP contribution in [0.2, 0.25) is 0 Å². The van der Waals surface area contributed by atoms with E-state index in [1.54, 1.807) is 23.5 Å². The first kappa shape index (κ1) is 10.8. The molecule has 0 amide bonds. The maximum atomic E-state index is 11.9. The Bertz CT molecular complexity index is 505. The molecule has 0 radical (unpaired) electrons. The summed E-state index contributed by atoms with van der Waals surface area (Å²) < 4.78 is 4.88. The number of carbonyl (C=O) groups excluding carboxylic acids is 1. The molecule has 0 bridgehead atoms. The molecule has 0 fully saturated rings. The number of aryl methyl sites for hydroxylation is 1. The van der Waals surface area contributed by atoms with E-state index in [-0.39, 0.29) is 5.78 Å². The predicted molar refractivity (Wildman–Crippen MR) is 61.1 cm³/mol. The molecule has 2 aromatic heterocycles. The molecule has 2 heterocycles. The zero-order valence-corrected chi connectivity index (χ0v) is 9.75. The molecule has 0 spiro atoms. The third-order valence-electron chi connectivity index (χ3n) is 2.07. The highest BCUT2D eigenvalue weighted by Gasteiger charge is 2.12. The number of hydrogen-bond acceptors (Lipinski definition) is 5. The molecular formula is C11H10N2O2S. The molecule has 0 aliphatic carbocycles. The summed E-state index contributed by atoms with van der Waals surface area (Å²) in [5.41, 5.74) is 0.987. The number of rotatable bonds is 3. The Morgan fingerprint density at radius 1 is 1.38 bits per heavy atom. The zero-order chi connectivity index (χ0) is 11.5. The van der Waals surface area contributed by atoms with Gasteiger partial charge in [-0.25, -0.2) is 0 Å². The lowest BCUT2D eigenvalue weighted by Gasteiger charge is -1.98. The van der Waals surface area contributed by atoms with Crippen molar-refractivity contribution < 1.29 is 9.53 Å². The summed E-state index contributed by atoms with van der Waals surface area (Å²) in [6.45, 7) is 1.96. The molecule has 0 aromatic carbocycles. The van der Waals surface area contributed by atoms with E-state index in [9.17, 15) is 4.79 Å². The maximum absolute atomic E-state index is 11.9. The Balaban J connectivity index is 2.27. The van der Waals surface area contributed by atoms with E-state index in [1.807, 2.05) is 18.4 Å². The van der Waals surface area contributed by atoms with Gasteiger partial charge >= 0.3 is 0 Å². The number of nitrogens with zero attached hydrogens (tertiary/aromatic N) is 2. The van der Waals surface area contributed by atoms with Crippen LogP contribution in [0.4, 0.5) is 0 Å². The number of thiophene rings is 1. The van der Waals surface area contributed by atoms with E-state index in [0.717, 1.165) is 4.88 Å². The van der Waals surface area contributed by atoms with Crippen LogP contribution in [0.25, 0.3) is 0 Å². The summed E-state index contributed by atoms with van der Waals surface area (Å²) in [6.07, 6.45) is 0. The van der Waals surface area contributed by atoms with E-state index < -0.39 is 0 Å². The molecule has 2 rings (SSSR count). The van der Waals surface area contributed by atoms with Gasteiger partial charge in [-0.2, -0.15) is 0 Å². The second-order valence-electron chi connectivity index (χ2n) is 3.24. The molecule has 2 aromatic rings. The highest BCUT2D eigenvalue weighted by Crippen LogP contribution is 2.16. The van der Waals surface area contributed by atoms with Gasteiger partial charge in [0.1, 0.15) is 5.69 Å². The Hall–Kier alpha value is -1.75. The van der Waals surface area contributed by atoms with Crippen LogP contribution >= 0.6 is 11.3 Å². The van der Waals surface area contributed by atoms with Crippen LogP contribution < -0.4 is 4.74 Å². The fourth-order valence-corrected chi connectivity index (χ4v) is 1.94. The average molecular weight is 234 g/mol. The molecule has 0 atom stereocenters. The van der Waals surface area contributed by atoms with Crippen molar-refractivity contribution in [2.45, 2.75) is 6.92 Å². The minimum atomic E-state index is -0.112. The van der Waals surface area contributed by atoms with Gasteiger partial charge in [-0.3, -0.25) is 4.79 Å². The predicted octanol–water partition coefficient (Wildman–Crippen LogP) is 2.09. The van der Waals surface area contributed by atoms with Crippen LogP contribution in [0.3, 0.4) is 0 Å². The molecule has 0 aliphatic heterocycles. The smallest absolute Gasteiger partial charge is 0.233 e. The van der Waals surface area contributed by atoms with Gasteiger partial charge in [-0.05, 0) is 19.1 Å². The van der Waals surface area contributed by atoms with Crippen molar-refractivity contribution in [1.29, 1.82) is 0 Å². The van der Waals surface area contributed by atoms with Gasteiger partial charge in [0.05, 0.1) is 7.11 Å². The molecule has 0 aliphatic rings. The maximum Gasteiger partial charge on any atom is 0.233 e. The molecule has 0 N–H and O–H groups in total. The fraction of sp³-hybridized carbons (Fsp3) is 0.182. The molecule has 0 saturated carbocycles. The zero-order valence-electron chi connectivity index (χ0n) is 8.93. The van der Waals surface area contributed by atoms with Crippen molar-refractivity contribution >= 4 is 17.1 Å². The lowest BCUT2D eigenvalue weighted by molar-refractivity contribution is 0.103. The van der Waals surface area contributed by atoms with Gasteiger partial charge in [-0.15, -0.1) is 21.5 Å². The largest absolute Gasteiger partial charge is 0.480 e. The Morgan fingerprint density at radius 3 is 2.69 bits per heavy atom. The van der Waals surface area contributed by atoms with Crippen LogP contribution in [0, 0.1) is 6.92 Å². The van der Waals surface area contributed by atoms with Gasteiger partial charge < -0.3 is 4.74 Å². The minimum Gasteiger partial charge on any atom is -0.480 e. The minimum absolute atomic E-state index is 0.112. The standard InChI is InChI=1S/C11H10N2O2S/c1-7-5-8(6-16-7)11(14)9-3-4-10(15-2)13-12-9/h3-6H,1-2H3. The molecule has 16 heavy (non-hydrogen) atoms. The molecular weight excluding hydrogens is 224 g/mol. The Morgan fingerprint density at radius 2 is 2.19 bits per heavy atom. The summed E-state index contributed by atoms with van der Waals surface area (Å²) in [5, 5.41) is 9.40. The molecule has 5 heteroatoms. The van der Waals surface area contributed by atoms with Gasteiger partial charge in [0, 0.05) is 21.9 Å². The first-order valence-electron chi connectivity index (χ1n) is 4.68. The summed E-state index contributed by atoms with van der Waals surface area (Å²) in [6, 6.07) is 5.08. The highest BCUT2D eigenvalue weighted by atomic mass is 32.1. The number of hydrogen-bond donors (Lipinski definition) is 0. The third kappa shape index (κ3) is 2.09. The van der Waals surface area contributed by atoms with Crippen LogP contribution in [0.15, 0.2) is 23.6 Å². The number of carbonyl (C=O) groups is 1. The second-order valence-corrected chi connectivity index (χ2v) is 4.35. The lowest BCUT2D eigenvalue weighted by atomic mass is 10.1. The molecule has 0 unspecified atom stereocenters. The second kappa shape index (κ2) is 4.40. The SMILES string of the molecule is COc1ccc(C(=O)c2csc(C)c2)nn1. The van der Waals surface area contributed by atoms with Crippen LogP contribution in [-0.4, -0.2) is 23.1 Å². The molecule has 82 valence electrons. The van der Waals surface area contributed by atoms with E-state index in [1.165, 1.54) is 7.11 Å². The summed E-state index contributed by atoms with van der Waals surface area (Å²) in [5.74, 6) is 0.289. The number of methoxy groups -OCH3 is 1. The Labute approximate surface area is 96.9 Å². The quantitative estimate of drug-likeness (QED) is 0.763. The molecule has 0 saturated heterocycles. The van der Waals surface area contributed by atoms with Crippen molar-refractivity contribution in [2.24, 2.45) is 0 Å². The monoisotopic (exact) mass is 234 g/mol. The summed E-state index contributed by atoms with van der Waals surface area (Å²) in [4.78, 5) is 13.0. The topological polar surface area (TPSA) is 52.1 Å². The van der Waals surface area contributed by atoms with Crippen LogP contribution in [0.1, 0.15) is 20.9 Å². The summed E-state index contributed by atoms with van der Waals surface area (Å²) in [7, 11) is 1.51. The lowest BCUT2D eigenvalue weighted by Crippen LogP contribution is -2.04. The van der Waals surface area contributed by atoms with E-state index in [2.05, 4.69) is 10.2 Å². The van der Waals surface area contributed by atoms with Gasteiger partial charge in [0.25, 0.3) is 0 Å². The van der Waals surface area contributed by atoms with E-state index in [0.29, 0.717) is 17.1 Å². The number of ketones is 1.